The van der Waals surface area contributed by atoms with E-state index in [4.69, 9.17) is 4.74 Å². The lowest BCUT2D eigenvalue weighted by Gasteiger charge is -2.08. The lowest BCUT2D eigenvalue weighted by atomic mass is 10.1. The van der Waals surface area contributed by atoms with Gasteiger partial charge in [0.1, 0.15) is 5.75 Å². The highest BCUT2D eigenvalue weighted by atomic mass is 16.5. The number of aryl methyl sites for hydroxylation is 2. The van der Waals surface area contributed by atoms with Crippen LogP contribution in [0.15, 0.2) is 12.1 Å². The Morgan fingerprint density at radius 1 is 1.45 bits per heavy atom. The van der Waals surface area contributed by atoms with Crippen LogP contribution in [0.1, 0.15) is 18.1 Å². The first-order valence-electron chi connectivity index (χ1n) is 3.83. The number of benzene rings is 1. The molecule has 1 nitrogen and oxygen atoms in total. The number of hydrogen-bond donors (Lipinski definition) is 0. The average Bonchev–Trinajstić information content (AvgIpc) is 2.04. The van der Waals surface area contributed by atoms with E-state index in [2.05, 4.69) is 13.0 Å². The summed E-state index contributed by atoms with van der Waals surface area (Å²) in [6, 6.07) is 7.00. The summed E-state index contributed by atoms with van der Waals surface area (Å²) in [6.45, 7) is 4.15. The van der Waals surface area contributed by atoms with Crippen LogP contribution in [0, 0.1) is 13.0 Å². The molecule has 0 aromatic heterocycles. The second-order valence-electron chi connectivity index (χ2n) is 2.55. The molecule has 59 valence electrons. The maximum absolute atomic E-state index is 5.25. The number of hydrogen-bond acceptors (Lipinski definition) is 1. The summed E-state index contributed by atoms with van der Waals surface area (Å²) < 4.78 is 5.25. The van der Waals surface area contributed by atoms with E-state index in [9.17, 15) is 0 Å². The van der Waals surface area contributed by atoms with Crippen molar-refractivity contribution in [3.05, 3.63) is 29.3 Å². The zero-order valence-corrected chi connectivity index (χ0v) is 7.27. The fourth-order valence-electron chi connectivity index (χ4n) is 1.21. The van der Waals surface area contributed by atoms with Crippen LogP contribution in [-0.2, 0) is 6.42 Å². The van der Waals surface area contributed by atoms with Gasteiger partial charge in [0.15, 0.2) is 0 Å². The van der Waals surface area contributed by atoms with Crippen molar-refractivity contribution >= 4 is 0 Å². The predicted octanol–water partition coefficient (Wildman–Crippen LogP) is 2.37. The third kappa shape index (κ3) is 1.53. The van der Waals surface area contributed by atoms with E-state index in [1.807, 2.05) is 19.1 Å². The Balaban J connectivity index is 3.13. The Morgan fingerprint density at radius 3 is 2.64 bits per heavy atom. The van der Waals surface area contributed by atoms with Crippen molar-refractivity contribution in [2.24, 2.45) is 0 Å². The SMILES string of the molecule is CCc1c[c]cc(C)c1OC. The Hall–Kier alpha value is -0.980. The van der Waals surface area contributed by atoms with Gasteiger partial charge >= 0.3 is 0 Å². The van der Waals surface area contributed by atoms with E-state index in [1.54, 1.807) is 7.11 Å². The van der Waals surface area contributed by atoms with Crippen molar-refractivity contribution < 1.29 is 4.74 Å². The standard InChI is InChI=1S/C10H13O/c1-4-9-7-5-6-8(2)10(9)11-3/h6-7H,4H2,1-3H3. The molecule has 0 N–H and O–H groups in total. The van der Waals surface area contributed by atoms with E-state index in [0.717, 1.165) is 17.7 Å². The molecule has 1 aromatic rings. The van der Waals surface area contributed by atoms with Crippen molar-refractivity contribution in [2.75, 3.05) is 7.11 Å². The Morgan fingerprint density at radius 2 is 2.18 bits per heavy atom. The molecule has 0 heterocycles. The predicted molar refractivity (Wildman–Crippen MR) is 45.9 cm³/mol. The lowest BCUT2D eigenvalue weighted by molar-refractivity contribution is 0.407. The molecule has 0 aliphatic heterocycles. The molecule has 0 unspecified atom stereocenters. The number of ether oxygens (including phenoxy) is 1. The van der Waals surface area contributed by atoms with Crippen molar-refractivity contribution in [2.45, 2.75) is 20.3 Å². The summed E-state index contributed by atoms with van der Waals surface area (Å²) in [7, 11) is 1.71. The third-order valence-electron chi connectivity index (χ3n) is 1.79. The van der Waals surface area contributed by atoms with Gasteiger partial charge in [-0.3, -0.25) is 0 Å². The average molecular weight is 149 g/mol. The van der Waals surface area contributed by atoms with Gasteiger partial charge in [0.25, 0.3) is 0 Å². The molecular formula is C10H13O. The van der Waals surface area contributed by atoms with Crippen LogP contribution >= 0.6 is 0 Å². The summed E-state index contributed by atoms with van der Waals surface area (Å²) in [5.74, 6) is 1.01. The molecule has 0 saturated heterocycles. The highest BCUT2D eigenvalue weighted by molar-refractivity contribution is 5.39. The second kappa shape index (κ2) is 3.42. The molecule has 1 aromatic carbocycles. The van der Waals surface area contributed by atoms with Gasteiger partial charge < -0.3 is 4.74 Å². The van der Waals surface area contributed by atoms with Crippen LogP contribution in [0.4, 0.5) is 0 Å². The minimum absolute atomic E-state index is 1.00. The molecule has 1 rings (SSSR count). The fraction of sp³-hybridized carbons (Fsp3) is 0.400. The van der Waals surface area contributed by atoms with Gasteiger partial charge in [0.05, 0.1) is 7.11 Å². The van der Waals surface area contributed by atoms with Crippen LogP contribution in [0.3, 0.4) is 0 Å². The molecule has 0 spiro atoms. The van der Waals surface area contributed by atoms with E-state index in [-0.39, 0.29) is 0 Å². The van der Waals surface area contributed by atoms with Crippen molar-refractivity contribution in [3.63, 3.8) is 0 Å². The molecular weight excluding hydrogens is 136 g/mol. The molecule has 1 radical (unpaired) electrons. The minimum atomic E-state index is 1.00. The lowest BCUT2D eigenvalue weighted by Crippen LogP contribution is -1.92. The maximum atomic E-state index is 5.25. The number of rotatable bonds is 2. The molecule has 1 heteroatoms. The largest absolute Gasteiger partial charge is 0.496 e. The monoisotopic (exact) mass is 149 g/mol. The summed E-state index contributed by atoms with van der Waals surface area (Å²) in [5, 5.41) is 0. The highest BCUT2D eigenvalue weighted by Gasteiger charge is 2.01. The fourth-order valence-corrected chi connectivity index (χ4v) is 1.21. The summed E-state index contributed by atoms with van der Waals surface area (Å²) in [4.78, 5) is 0. The molecule has 0 fully saturated rings. The van der Waals surface area contributed by atoms with Gasteiger partial charge in [-0.1, -0.05) is 6.92 Å². The van der Waals surface area contributed by atoms with E-state index in [1.165, 1.54) is 5.56 Å². The first kappa shape index (κ1) is 8.12. The smallest absolute Gasteiger partial charge is 0.124 e. The van der Waals surface area contributed by atoms with Gasteiger partial charge in [-0.2, -0.15) is 0 Å². The second-order valence-corrected chi connectivity index (χ2v) is 2.55. The normalized spacial score (nSPS) is 9.73. The highest BCUT2D eigenvalue weighted by Crippen LogP contribution is 2.22. The summed E-state index contributed by atoms with van der Waals surface area (Å²) in [5.41, 5.74) is 2.39. The van der Waals surface area contributed by atoms with E-state index >= 15 is 0 Å². The minimum Gasteiger partial charge on any atom is -0.496 e. The Bertz CT molecular complexity index is 241. The van der Waals surface area contributed by atoms with Crippen LogP contribution < -0.4 is 4.74 Å². The maximum Gasteiger partial charge on any atom is 0.124 e. The molecule has 0 saturated carbocycles. The van der Waals surface area contributed by atoms with E-state index in [0.29, 0.717) is 0 Å². The molecule has 0 aliphatic carbocycles. The molecule has 11 heavy (non-hydrogen) atoms. The molecule has 0 amide bonds. The quantitative estimate of drug-likeness (QED) is 0.627. The van der Waals surface area contributed by atoms with Gasteiger partial charge in [-0.15, -0.1) is 0 Å². The van der Waals surface area contributed by atoms with Gasteiger partial charge in [0.2, 0.25) is 0 Å². The van der Waals surface area contributed by atoms with Gasteiger partial charge in [0, 0.05) is 0 Å². The van der Waals surface area contributed by atoms with Gasteiger partial charge in [-0.05, 0) is 42.7 Å². The summed E-state index contributed by atoms with van der Waals surface area (Å²) in [6.07, 6.45) is 1.00. The van der Waals surface area contributed by atoms with Gasteiger partial charge in [-0.25, -0.2) is 0 Å². The zero-order chi connectivity index (χ0) is 8.27. The van der Waals surface area contributed by atoms with Crippen LogP contribution in [-0.4, -0.2) is 7.11 Å². The number of methoxy groups -OCH3 is 1. The molecule has 0 bridgehead atoms. The van der Waals surface area contributed by atoms with Crippen molar-refractivity contribution in [1.82, 2.24) is 0 Å². The molecule has 0 atom stereocenters. The third-order valence-corrected chi connectivity index (χ3v) is 1.79. The summed E-state index contributed by atoms with van der Waals surface area (Å²) >= 11 is 0. The first-order chi connectivity index (χ1) is 5.29. The van der Waals surface area contributed by atoms with Crippen molar-refractivity contribution in [1.29, 1.82) is 0 Å². The topological polar surface area (TPSA) is 9.23 Å². The van der Waals surface area contributed by atoms with Crippen LogP contribution in [0.5, 0.6) is 5.75 Å². The Labute approximate surface area is 68.0 Å². The van der Waals surface area contributed by atoms with Crippen molar-refractivity contribution in [3.8, 4) is 5.75 Å². The Kier molecular flexibility index (Phi) is 2.53. The van der Waals surface area contributed by atoms with E-state index < -0.39 is 0 Å². The molecule has 0 aliphatic rings. The van der Waals surface area contributed by atoms with Crippen LogP contribution in [0.25, 0.3) is 0 Å². The van der Waals surface area contributed by atoms with Crippen LogP contribution in [0.2, 0.25) is 0 Å². The zero-order valence-electron chi connectivity index (χ0n) is 7.27. The first-order valence-corrected chi connectivity index (χ1v) is 3.83.